The summed E-state index contributed by atoms with van der Waals surface area (Å²) in [5.74, 6) is 11.9. The molecule has 366 valence electrons. The van der Waals surface area contributed by atoms with E-state index in [0.717, 1.165) is 151 Å². The maximum atomic E-state index is 14.7. The summed E-state index contributed by atoms with van der Waals surface area (Å²) in [7, 11) is 0. The van der Waals surface area contributed by atoms with Gasteiger partial charge in [-0.25, -0.2) is 19.6 Å². The number of morpholine rings is 2. The van der Waals surface area contributed by atoms with E-state index in [1.807, 2.05) is 97.5 Å². The summed E-state index contributed by atoms with van der Waals surface area (Å²) in [4.78, 5) is 50.4. The summed E-state index contributed by atoms with van der Waals surface area (Å²) >= 11 is 0. The van der Waals surface area contributed by atoms with Crippen LogP contribution in [0.25, 0.3) is 66.1 Å². The fourth-order valence-corrected chi connectivity index (χ4v) is 10.2. The van der Waals surface area contributed by atoms with E-state index in [4.69, 9.17) is 24.2 Å². The van der Waals surface area contributed by atoms with Gasteiger partial charge in [-0.15, -0.1) is 0 Å². The molecular formula is C61H52N8O5. The maximum absolute atomic E-state index is 14.7. The van der Waals surface area contributed by atoms with Crippen LogP contribution in [0.15, 0.2) is 146 Å². The number of carbonyl (C=O) groups excluding carboxylic acids is 2. The van der Waals surface area contributed by atoms with Crippen molar-refractivity contribution in [3.63, 3.8) is 0 Å². The molecule has 0 aliphatic carbocycles. The number of esters is 2. The van der Waals surface area contributed by atoms with Gasteiger partial charge in [0.05, 0.1) is 43.1 Å². The van der Waals surface area contributed by atoms with Crippen LogP contribution in [0.4, 0.5) is 0 Å². The molecule has 12 rings (SSSR count). The van der Waals surface area contributed by atoms with Crippen LogP contribution < -0.4 is 0 Å². The highest BCUT2D eigenvalue weighted by atomic mass is 16.6. The maximum Gasteiger partial charge on any atom is 0.346 e. The van der Waals surface area contributed by atoms with Crippen molar-refractivity contribution in [2.75, 3.05) is 65.7 Å². The smallest absolute Gasteiger partial charge is 0.346 e. The second-order valence-electron chi connectivity index (χ2n) is 18.7. The summed E-state index contributed by atoms with van der Waals surface area (Å²) in [6.07, 6.45) is 12.5. The molecule has 0 radical (unpaired) electrons. The molecule has 0 unspecified atom stereocenters. The molecular weight excluding hydrogens is 925 g/mol. The van der Waals surface area contributed by atoms with E-state index in [9.17, 15) is 9.59 Å². The number of aryl methyl sites for hydroxylation is 1. The largest absolute Gasteiger partial charge is 0.386 e. The first-order valence-electron chi connectivity index (χ1n) is 25.2. The Balaban J connectivity index is 0.867. The van der Waals surface area contributed by atoms with Crippen LogP contribution in [0.5, 0.6) is 0 Å². The molecule has 2 saturated heterocycles. The molecule has 8 heterocycles. The predicted molar refractivity (Wildman–Crippen MR) is 288 cm³/mol. The molecule has 74 heavy (non-hydrogen) atoms. The first-order valence-corrected chi connectivity index (χ1v) is 25.2. The number of carbonyl (C=O) groups is 2. The number of aromatic amines is 2. The van der Waals surface area contributed by atoms with E-state index in [1.165, 1.54) is 0 Å². The summed E-state index contributed by atoms with van der Waals surface area (Å²) in [6.45, 7) is 10.3. The first-order chi connectivity index (χ1) is 36.5. The van der Waals surface area contributed by atoms with Gasteiger partial charge in [0.2, 0.25) is 0 Å². The number of nitrogens with zero attached hydrogens (tertiary/aromatic N) is 6. The Morgan fingerprint density at radius 3 is 1.85 bits per heavy atom. The lowest BCUT2D eigenvalue weighted by atomic mass is 9.93. The fraction of sp³-hybridized carbons (Fsp3) is 0.213. The summed E-state index contributed by atoms with van der Waals surface area (Å²) in [5.41, 5.74) is 9.27. The van der Waals surface area contributed by atoms with Gasteiger partial charge in [-0.1, -0.05) is 60.1 Å². The third-order valence-electron chi connectivity index (χ3n) is 14.1. The van der Waals surface area contributed by atoms with Crippen LogP contribution >= 0.6 is 0 Å². The van der Waals surface area contributed by atoms with Gasteiger partial charge in [-0.2, -0.15) is 0 Å². The summed E-state index contributed by atoms with van der Waals surface area (Å²) in [6, 6.07) is 34.6. The Kier molecular flexibility index (Phi) is 13.1. The second-order valence-corrected chi connectivity index (χ2v) is 18.7. The van der Waals surface area contributed by atoms with E-state index < -0.39 is 11.9 Å². The van der Waals surface area contributed by atoms with Crippen LogP contribution in [-0.2, 0) is 27.3 Å². The number of fused-ring (bicyclic) bond motifs is 4. The van der Waals surface area contributed by atoms with Gasteiger partial charge in [-0.3, -0.25) is 9.80 Å². The molecule has 6 aromatic heterocycles. The number of pyridine rings is 2. The van der Waals surface area contributed by atoms with Gasteiger partial charge in [0.25, 0.3) is 0 Å². The average Bonchev–Trinajstić information content (AvgIpc) is 4.28. The van der Waals surface area contributed by atoms with Crippen LogP contribution in [0.2, 0.25) is 0 Å². The number of aromatic nitrogens is 6. The Morgan fingerprint density at radius 2 is 1.19 bits per heavy atom. The minimum absolute atomic E-state index is 0.197. The normalized spacial score (nSPS) is 14.3. The highest BCUT2D eigenvalue weighted by molar-refractivity contribution is 6.10. The highest BCUT2D eigenvalue weighted by Crippen LogP contribution is 2.34. The molecule has 13 heteroatoms. The monoisotopic (exact) mass is 976 g/mol. The summed E-state index contributed by atoms with van der Waals surface area (Å²) < 4.78 is 21.4. The predicted octanol–water partition coefficient (Wildman–Crippen LogP) is 9.53. The van der Waals surface area contributed by atoms with Crippen molar-refractivity contribution in [2.45, 2.75) is 19.5 Å². The van der Waals surface area contributed by atoms with E-state index in [-0.39, 0.29) is 11.1 Å². The summed E-state index contributed by atoms with van der Waals surface area (Å²) in [5, 5.41) is 3.97. The van der Waals surface area contributed by atoms with Crippen molar-refractivity contribution in [3.05, 3.63) is 180 Å². The Labute approximate surface area is 427 Å². The lowest BCUT2D eigenvalue weighted by molar-refractivity contribution is 0.0365. The molecule has 0 spiro atoms. The average molecular weight is 977 g/mol. The van der Waals surface area contributed by atoms with Crippen molar-refractivity contribution in [1.82, 2.24) is 38.9 Å². The highest BCUT2D eigenvalue weighted by Gasteiger charge is 2.25. The lowest BCUT2D eigenvalue weighted by Gasteiger charge is -2.26. The van der Waals surface area contributed by atoms with Gasteiger partial charge < -0.3 is 33.3 Å². The van der Waals surface area contributed by atoms with Crippen molar-refractivity contribution in [3.8, 4) is 45.9 Å². The molecule has 2 aliphatic rings. The lowest BCUT2D eigenvalue weighted by Crippen LogP contribution is -2.38. The van der Waals surface area contributed by atoms with Gasteiger partial charge in [0.15, 0.2) is 0 Å². The van der Waals surface area contributed by atoms with E-state index in [1.54, 1.807) is 30.5 Å². The first kappa shape index (κ1) is 46.5. The topological polar surface area (TPSA) is 136 Å². The van der Waals surface area contributed by atoms with Crippen LogP contribution in [0.1, 0.15) is 49.4 Å². The Hall–Kier alpha value is -8.56. The second kappa shape index (κ2) is 20.9. The van der Waals surface area contributed by atoms with Gasteiger partial charge in [0, 0.05) is 139 Å². The zero-order chi connectivity index (χ0) is 49.8. The van der Waals surface area contributed by atoms with E-state index >= 15 is 0 Å². The van der Waals surface area contributed by atoms with Crippen molar-refractivity contribution in [2.24, 2.45) is 0 Å². The minimum Gasteiger partial charge on any atom is -0.386 e. The molecule has 13 nitrogen and oxygen atoms in total. The van der Waals surface area contributed by atoms with Gasteiger partial charge in [0.1, 0.15) is 11.3 Å². The van der Waals surface area contributed by atoms with Crippen LogP contribution in [-0.4, -0.2) is 117 Å². The minimum atomic E-state index is -0.807. The van der Waals surface area contributed by atoms with Gasteiger partial charge >= 0.3 is 11.9 Å². The quantitative estimate of drug-likeness (QED) is 0.0739. The molecule has 0 amide bonds. The number of ether oxygens (including phenoxy) is 3. The number of hydrogen-bond donors (Lipinski definition) is 2. The third kappa shape index (κ3) is 9.73. The number of H-pyrrole nitrogens is 2. The van der Waals surface area contributed by atoms with Crippen molar-refractivity contribution < 1.29 is 23.8 Å². The van der Waals surface area contributed by atoms with Gasteiger partial charge in [-0.05, 0) is 101 Å². The SMILES string of the molecule is O=C(OC(=O)c1cccc(C#Cc2cn(CCCN3CCOCC3)c3ncccc23)c1-c1ccc2cc[nH]c2c1)c1cccc(C#Cc2cnc3c(ccn3CCN3CCOCC3)c2)c1-c1ccc2cc[nH]c2c1. The van der Waals surface area contributed by atoms with E-state index in [2.05, 4.69) is 71.0 Å². The van der Waals surface area contributed by atoms with Crippen LogP contribution in [0, 0.1) is 23.7 Å². The number of hydrogen-bond acceptors (Lipinski definition) is 9. The number of rotatable bonds is 11. The molecule has 0 atom stereocenters. The van der Waals surface area contributed by atoms with Crippen molar-refractivity contribution in [1.29, 1.82) is 0 Å². The molecule has 2 aliphatic heterocycles. The number of benzene rings is 4. The number of nitrogens with one attached hydrogen (secondary N) is 2. The third-order valence-corrected chi connectivity index (χ3v) is 14.1. The molecule has 10 aromatic rings. The molecule has 4 aromatic carbocycles. The molecule has 0 bridgehead atoms. The van der Waals surface area contributed by atoms with E-state index in [0.29, 0.717) is 22.3 Å². The molecule has 2 N–H and O–H groups in total. The Bertz CT molecular complexity index is 3860. The molecule has 2 fully saturated rings. The van der Waals surface area contributed by atoms with Crippen molar-refractivity contribution >= 4 is 55.8 Å². The molecule has 0 saturated carbocycles. The fourth-order valence-electron chi connectivity index (χ4n) is 10.2. The zero-order valence-corrected chi connectivity index (χ0v) is 40.8. The van der Waals surface area contributed by atoms with Crippen LogP contribution in [0.3, 0.4) is 0 Å². The standard InChI is InChI=1S/C61H52N8O5/c70-60(52-7-1-5-45(56(52)47-15-12-43-18-22-62-54(43)38-47)11-10-42-37-49-20-26-68(58(49)65-40-42)28-27-67-31-35-73-36-32-67)74-61(71)53-8-2-6-46(57(53)48-16-13-44-19-23-63-55(44)39-48)14-17-50-41-69(59-51(50)9-3-21-64-59)25-4-24-66-29-33-72-34-30-66/h1-3,5-9,12-13,15-16,18-23,26,37-41,62-63H,4,24-25,27-36H2. The zero-order valence-electron chi connectivity index (χ0n) is 40.8. The Morgan fingerprint density at radius 1 is 0.568 bits per heavy atom.